The van der Waals surface area contributed by atoms with Crippen LogP contribution in [0, 0.1) is 5.82 Å². The smallest absolute Gasteiger partial charge is 0.410 e. The number of nitrogens with zero attached hydrogens (tertiary/aromatic N) is 4. The standard InChI is InChI=1S/C19H21BrClFN4O2/c1-18(2,3)28-17(27)25-8-9-26(19(10-25)6-7-19)15-11-4-5-12(20)13(22)14(11)23-16(21)24-15/h4-5H,6-10H2,1-3H3. The first-order valence-corrected chi connectivity index (χ1v) is 10.3. The van der Waals surface area contributed by atoms with Gasteiger partial charge in [0.05, 0.1) is 10.0 Å². The highest BCUT2D eigenvalue weighted by Gasteiger charge is 2.53. The van der Waals surface area contributed by atoms with Crippen LogP contribution in [0.15, 0.2) is 16.6 Å². The lowest BCUT2D eigenvalue weighted by atomic mass is 10.1. The number of carbonyl (C=O) groups is 1. The zero-order valence-electron chi connectivity index (χ0n) is 15.9. The number of benzene rings is 1. The van der Waals surface area contributed by atoms with Crippen LogP contribution in [0.2, 0.25) is 5.28 Å². The van der Waals surface area contributed by atoms with Gasteiger partial charge in [-0.15, -0.1) is 0 Å². The summed E-state index contributed by atoms with van der Waals surface area (Å²) >= 11 is 9.31. The molecular weight excluding hydrogens is 451 g/mol. The van der Waals surface area contributed by atoms with E-state index in [1.54, 1.807) is 17.0 Å². The van der Waals surface area contributed by atoms with Gasteiger partial charge in [0.2, 0.25) is 5.28 Å². The van der Waals surface area contributed by atoms with Crippen molar-refractivity contribution in [1.82, 2.24) is 14.9 Å². The largest absolute Gasteiger partial charge is 0.444 e. The van der Waals surface area contributed by atoms with Crippen LogP contribution in [0.3, 0.4) is 0 Å². The summed E-state index contributed by atoms with van der Waals surface area (Å²) in [6, 6.07) is 3.44. The third kappa shape index (κ3) is 3.52. The van der Waals surface area contributed by atoms with Crippen molar-refractivity contribution in [3.63, 3.8) is 0 Å². The molecule has 0 radical (unpaired) electrons. The van der Waals surface area contributed by atoms with Gasteiger partial charge in [0.25, 0.3) is 0 Å². The fraction of sp³-hybridized carbons (Fsp3) is 0.526. The van der Waals surface area contributed by atoms with E-state index in [0.29, 0.717) is 35.3 Å². The van der Waals surface area contributed by atoms with Gasteiger partial charge in [-0.1, -0.05) is 0 Å². The lowest BCUT2D eigenvalue weighted by Crippen LogP contribution is -2.57. The van der Waals surface area contributed by atoms with E-state index in [2.05, 4.69) is 30.8 Å². The number of fused-ring (bicyclic) bond motifs is 1. The van der Waals surface area contributed by atoms with Crippen molar-refractivity contribution in [2.75, 3.05) is 24.5 Å². The maximum absolute atomic E-state index is 14.6. The van der Waals surface area contributed by atoms with E-state index in [1.807, 2.05) is 20.8 Å². The van der Waals surface area contributed by atoms with E-state index in [0.717, 1.165) is 12.8 Å². The first-order valence-electron chi connectivity index (χ1n) is 9.16. The van der Waals surface area contributed by atoms with Crippen LogP contribution in [0.25, 0.3) is 10.9 Å². The molecule has 1 saturated carbocycles. The molecule has 1 aromatic carbocycles. The van der Waals surface area contributed by atoms with Gasteiger partial charge in [-0.2, -0.15) is 4.98 Å². The minimum atomic E-state index is -0.535. The molecule has 0 bridgehead atoms. The average molecular weight is 472 g/mol. The molecule has 2 fully saturated rings. The Balaban J connectivity index is 1.67. The van der Waals surface area contributed by atoms with Crippen molar-refractivity contribution in [3.05, 3.63) is 27.7 Å². The maximum atomic E-state index is 14.6. The highest BCUT2D eigenvalue weighted by Crippen LogP contribution is 2.47. The fourth-order valence-corrected chi connectivity index (χ4v) is 4.15. The van der Waals surface area contributed by atoms with Gasteiger partial charge in [0.1, 0.15) is 16.9 Å². The quantitative estimate of drug-likeness (QED) is 0.561. The SMILES string of the molecule is CC(C)(C)OC(=O)N1CCN(c2nc(Cl)nc3c(F)c(Br)ccc23)C2(CC2)C1. The second-order valence-electron chi connectivity index (χ2n) is 8.35. The molecule has 0 N–H and O–H groups in total. The number of hydrogen-bond donors (Lipinski definition) is 0. The first-order chi connectivity index (χ1) is 13.1. The second kappa shape index (κ2) is 6.69. The van der Waals surface area contributed by atoms with Crippen LogP contribution in [-0.2, 0) is 4.74 Å². The van der Waals surface area contributed by atoms with Crippen LogP contribution in [0.4, 0.5) is 15.0 Å². The number of amides is 1. The number of anilines is 1. The summed E-state index contributed by atoms with van der Waals surface area (Å²) in [7, 11) is 0. The molecule has 2 aliphatic rings. The van der Waals surface area contributed by atoms with Crippen LogP contribution >= 0.6 is 27.5 Å². The van der Waals surface area contributed by atoms with E-state index in [4.69, 9.17) is 16.3 Å². The molecule has 1 aliphatic heterocycles. The molecule has 0 atom stereocenters. The number of ether oxygens (including phenoxy) is 1. The zero-order valence-corrected chi connectivity index (χ0v) is 18.3. The highest BCUT2D eigenvalue weighted by molar-refractivity contribution is 9.10. The van der Waals surface area contributed by atoms with Crippen LogP contribution in [0.5, 0.6) is 0 Å². The van der Waals surface area contributed by atoms with Gasteiger partial charge < -0.3 is 14.5 Å². The molecule has 28 heavy (non-hydrogen) atoms. The van der Waals surface area contributed by atoms with Gasteiger partial charge >= 0.3 is 6.09 Å². The summed E-state index contributed by atoms with van der Waals surface area (Å²) in [5.74, 6) is 0.156. The Kier molecular flexibility index (Phi) is 4.69. The molecule has 0 unspecified atom stereocenters. The average Bonchev–Trinajstić information content (AvgIpc) is 3.36. The number of aromatic nitrogens is 2. The summed E-state index contributed by atoms with van der Waals surface area (Å²) in [4.78, 5) is 24.9. The Morgan fingerprint density at radius 1 is 1.29 bits per heavy atom. The van der Waals surface area contributed by atoms with Crippen molar-refractivity contribution in [3.8, 4) is 0 Å². The minimum Gasteiger partial charge on any atom is -0.444 e. The molecule has 1 amide bonds. The normalized spacial score (nSPS) is 18.6. The van der Waals surface area contributed by atoms with Crippen LogP contribution in [0.1, 0.15) is 33.6 Å². The molecule has 2 heterocycles. The topological polar surface area (TPSA) is 58.6 Å². The third-order valence-electron chi connectivity index (χ3n) is 5.10. The lowest BCUT2D eigenvalue weighted by Gasteiger charge is -2.43. The van der Waals surface area contributed by atoms with Gasteiger partial charge in [-0.25, -0.2) is 14.2 Å². The fourth-order valence-electron chi connectivity index (χ4n) is 3.66. The van der Waals surface area contributed by atoms with Crippen LogP contribution in [-0.4, -0.2) is 51.7 Å². The van der Waals surface area contributed by atoms with Crippen molar-refractivity contribution in [2.24, 2.45) is 0 Å². The van der Waals surface area contributed by atoms with Crippen molar-refractivity contribution in [2.45, 2.75) is 44.8 Å². The second-order valence-corrected chi connectivity index (χ2v) is 9.54. The van der Waals surface area contributed by atoms with Gasteiger partial charge in [0, 0.05) is 25.0 Å². The Bertz CT molecular complexity index is 961. The summed E-state index contributed by atoms with van der Waals surface area (Å²) in [6.45, 7) is 7.18. The van der Waals surface area contributed by atoms with E-state index >= 15 is 0 Å². The van der Waals surface area contributed by atoms with Crippen molar-refractivity contribution < 1.29 is 13.9 Å². The first kappa shape index (κ1) is 19.6. The van der Waals surface area contributed by atoms with Gasteiger partial charge in [0.15, 0.2) is 5.82 Å². The number of carbonyl (C=O) groups excluding carboxylic acids is 1. The minimum absolute atomic E-state index is 0.00451. The monoisotopic (exact) mass is 470 g/mol. The summed E-state index contributed by atoms with van der Waals surface area (Å²) in [5, 5.41) is 0.618. The van der Waals surface area contributed by atoms with Gasteiger partial charge in [-0.05, 0) is 73.3 Å². The molecular formula is C19H21BrClFN4O2. The molecule has 1 aromatic heterocycles. The number of hydrogen-bond acceptors (Lipinski definition) is 5. The number of piperazine rings is 1. The maximum Gasteiger partial charge on any atom is 0.410 e. The predicted molar refractivity (Wildman–Crippen MR) is 109 cm³/mol. The molecule has 4 rings (SSSR count). The predicted octanol–water partition coefficient (Wildman–Crippen LogP) is 4.77. The molecule has 1 spiro atoms. The Morgan fingerprint density at radius 2 is 2.00 bits per heavy atom. The van der Waals surface area contributed by atoms with E-state index in [9.17, 15) is 9.18 Å². The number of halogens is 3. The molecule has 2 aromatic rings. The highest BCUT2D eigenvalue weighted by atomic mass is 79.9. The molecule has 9 heteroatoms. The zero-order chi connectivity index (χ0) is 20.3. The lowest BCUT2D eigenvalue weighted by molar-refractivity contribution is 0.0205. The van der Waals surface area contributed by atoms with Gasteiger partial charge in [-0.3, -0.25) is 0 Å². The Hall–Kier alpha value is -1.67. The summed E-state index contributed by atoms with van der Waals surface area (Å²) < 4.78 is 20.4. The number of rotatable bonds is 1. The van der Waals surface area contributed by atoms with E-state index in [-0.39, 0.29) is 22.4 Å². The van der Waals surface area contributed by atoms with Crippen molar-refractivity contribution in [1.29, 1.82) is 0 Å². The summed E-state index contributed by atoms with van der Waals surface area (Å²) in [6.07, 6.45) is 1.54. The third-order valence-corrected chi connectivity index (χ3v) is 5.88. The van der Waals surface area contributed by atoms with Crippen LogP contribution < -0.4 is 4.90 Å². The van der Waals surface area contributed by atoms with Crippen molar-refractivity contribution >= 4 is 50.3 Å². The molecule has 6 nitrogen and oxygen atoms in total. The molecule has 1 aliphatic carbocycles. The Morgan fingerprint density at radius 3 is 2.64 bits per heavy atom. The van der Waals surface area contributed by atoms with E-state index < -0.39 is 11.4 Å². The Labute approximate surface area is 176 Å². The molecule has 1 saturated heterocycles. The summed E-state index contributed by atoms with van der Waals surface area (Å²) in [5.41, 5.74) is -0.565. The van der Waals surface area contributed by atoms with E-state index in [1.165, 1.54) is 0 Å². The molecule has 150 valence electrons.